The van der Waals surface area contributed by atoms with Gasteiger partial charge in [0.15, 0.2) is 0 Å². The van der Waals surface area contributed by atoms with Crippen molar-refractivity contribution in [2.45, 2.75) is 6.61 Å². The van der Waals surface area contributed by atoms with Gasteiger partial charge < -0.3 is 9.84 Å². The fraction of sp³-hybridized carbons (Fsp3) is 0.200. The summed E-state index contributed by atoms with van der Waals surface area (Å²) in [5, 5.41) is 10.8. The van der Waals surface area contributed by atoms with Crippen LogP contribution < -0.4 is 4.74 Å². The van der Waals surface area contributed by atoms with Gasteiger partial charge in [0.1, 0.15) is 5.75 Å². The molecule has 2 rings (SSSR count). The molecule has 1 N–H and O–H groups in total. The minimum Gasteiger partial charge on any atom is -0.495 e. The van der Waals surface area contributed by atoms with Crippen LogP contribution in [0.4, 0.5) is 0 Å². The van der Waals surface area contributed by atoms with Crippen molar-refractivity contribution in [3.05, 3.63) is 28.1 Å². The van der Waals surface area contributed by atoms with Crippen molar-refractivity contribution in [3.8, 4) is 5.75 Å². The molecule has 0 saturated heterocycles. The number of hydrogen-bond acceptors (Lipinski definition) is 3. The molecule has 0 spiro atoms. The maximum atomic E-state index is 9.12. The van der Waals surface area contributed by atoms with Crippen LogP contribution in [0.1, 0.15) is 4.88 Å². The summed E-state index contributed by atoms with van der Waals surface area (Å²) < 4.78 is 6.28. The molecule has 0 aliphatic carbocycles. The minimum absolute atomic E-state index is 0.000138. The number of aliphatic hydroxyl groups is 1. The zero-order valence-electron chi connectivity index (χ0n) is 7.58. The van der Waals surface area contributed by atoms with Crippen LogP contribution in [0, 0.1) is 0 Å². The minimum atomic E-state index is 0.000138. The summed E-state index contributed by atoms with van der Waals surface area (Å²) in [6, 6.07) is 5.61. The zero-order valence-corrected chi connectivity index (χ0v) is 9.15. The highest BCUT2D eigenvalue weighted by Gasteiger charge is 2.11. The van der Waals surface area contributed by atoms with Gasteiger partial charge in [0.05, 0.1) is 18.6 Å². The highest BCUT2D eigenvalue weighted by molar-refractivity contribution is 7.19. The predicted octanol–water partition coefficient (Wildman–Crippen LogP) is 3.06. The Labute approximate surface area is 90.7 Å². The molecule has 1 aromatic heterocycles. The van der Waals surface area contributed by atoms with Crippen LogP contribution >= 0.6 is 22.9 Å². The summed E-state index contributed by atoms with van der Waals surface area (Å²) in [6.45, 7) is 0.000138. The molecule has 0 atom stereocenters. The van der Waals surface area contributed by atoms with Crippen molar-refractivity contribution in [1.82, 2.24) is 0 Å². The van der Waals surface area contributed by atoms with Crippen LogP contribution in [0.25, 0.3) is 10.1 Å². The SMILES string of the molecule is COc1c(CO)sc2cc(Cl)ccc12. The summed E-state index contributed by atoms with van der Waals surface area (Å²) in [5.74, 6) is 0.754. The lowest BCUT2D eigenvalue weighted by Crippen LogP contribution is -1.85. The average Bonchev–Trinajstić information content (AvgIpc) is 2.54. The highest BCUT2D eigenvalue weighted by Crippen LogP contribution is 2.38. The molecule has 0 unspecified atom stereocenters. The van der Waals surface area contributed by atoms with Crippen LogP contribution in [0.5, 0.6) is 5.75 Å². The molecule has 0 aliphatic rings. The van der Waals surface area contributed by atoms with Gasteiger partial charge in [-0.1, -0.05) is 11.6 Å². The van der Waals surface area contributed by atoms with E-state index in [-0.39, 0.29) is 6.61 Å². The lowest BCUT2D eigenvalue weighted by molar-refractivity contribution is 0.278. The van der Waals surface area contributed by atoms with Crippen molar-refractivity contribution >= 4 is 33.0 Å². The first-order valence-electron chi connectivity index (χ1n) is 4.12. The van der Waals surface area contributed by atoms with Gasteiger partial charge in [-0.2, -0.15) is 0 Å². The molecule has 0 amide bonds. The van der Waals surface area contributed by atoms with Gasteiger partial charge in [-0.15, -0.1) is 11.3 Å². The molecule has 0 aliphatic heterocycles. The van der Waals surface area contributed by atoms with Crippen LogP contribution in [0.2, 0.25) is 5.02 Å². The summed E-state index contributed by atoms with van der Waals surface area (Å²) >= 11 is 7.37. The number of rotatable bonds is 2. The molecule has 0 fully saturated rings. The van der Waals surface area contributed by atoms with Gasteiger partial charge in [0.2, 0.25) is 0 Å². The molecule has 0 bridgehead atoms. The zero-order chi connectivity index (χ0) is 10.1. The average molecular weight is 229 g/mol. The fourth-order valence-electron chi connectivity index (χ4n) is 1.43. The van der Waals surface area contributed by atoms with Crippen LogP contribution in [0.15, 0.2) is 18.2 Å². The Morgan fingerprint density at radius 2 is 2.29 bits per heavy atom. The first kappa shape index (κ1) is 9.77. The third kappa shape index (κ3) is 1.47. The second-order valence-electron chi connectivity index (χ2n) is 2.86. The van der Waals surface area contributed by atoms with Gasteiger partial charge in [-0.3, -0.25) is 0 Å². The van der Waals surface area contributed by atoms with E-state index in [4.69, 9.17) is 21.4 Å². The maximum absolute atomic E-state index is 9.12. The Morgan fingerprint density at radius 1 is 1.50 bits per heavy atom. The highest BCUT2D eigenvalue weighted by atomic mass is 35.5. The molecule has 74 valence electrons. The molecule has 4 heteroatoms. The Kier molecular flexibility index (Phi) is 2.63. The van der Waals surface area contributed by atoms with Gasteiger partial charge in [-0.25, -0.2) is 0 Å². The molecule has 0 radical (unpaired) electrons. The van der Waals surface area contributed by atoms with E-state index in [1.807, 2.05) is 18.2 Å². The number of ether oxygens (including phenoxy) is 1. The van der Waals surface area contributed by atoms with Crippen molar-refractivity contribution in [1.29, 1.82) is 0 Å². The molecular formula is C10H9ClO2S. The van der Waals surface area contributed by atoms with E-state index in [9.17, 15) is 0 Å². The number of thiophene rings is 1. The largest absolute Gasteiger partial charge is 0.495 e. The van der Waals surface area contributed by atoms with Crippen molar-refractivity contribution in [2.75, 3.05) is 7.11 Å². The second kappa shape index (κ2) is 3.77. The van der Waals surface area contributed by atoms with Gasteiger partial charge in [-0.05, 0) is 18.2 Å². The van der Waals surface area contributed by atoms with E-state index in [0.29, 0.717) is 5.02 Å². The number of hydrogen-bond donors (Lipinski definition) is 1. The predicted molar refractivity (Wildman–Crippen MR) is 59.3 cm³/mol. The quantitative estimate of drug-likeness (QED) is 0.856. The van der Waals surface area contributed by atoms with E-state index >= 15 is 0 Å². The number of halogens is 1. The smallest absolute Gasteiger partial charge is 0.142 e. The van der Waals surface area contributed by atoms with Crippen molar-refractivity contribution in [2.24, 2.45) is 0 Å². The Hall–Kier alpha value is -0.770. The van der Waals surface area contributed by atoms with Crippen molar-refractivity contribution < 1.29 is 9.84 Å². The van der Waals surface area contributed by atoms with E-state index in [2.05, 4.69) is 0 Å². The lowest BCUT2D eigenvalue weighted by atomic mass is 10.2. The lowest BCUT2D eigenvalue weighted by Gasteiger charge is -1.99. The van der Waals surface area contributed by atoms with E-state index in [1.165, 1.54) is 11.3 Å². The Bertz CT molecular complexity index is 464. The topological polar surface area (TPSA) is 29.5 Å². The molecule has 1 aromatic carbocycles. The molecule has 14 heavy (non-hydrogen) atoms. The summed E-state index contributed by atoms with van der Waals surface area (Å²) in [6.07, 6.45) is 0. The second-order valence-corrected chi connectivity index (χ2v) is 4.43. The van der Waals surface area contributed by atoms with E-state index in [1.54, 1.807) is 7.11 Å². The van der Waals surface area contributed by atoms with Crippen LogP contribution in [0.3, 0.4) is 0 Å². The fourth-order valence-corrected chi connectivity index (χ4v) is 2.73. The molecule has 2 aromatic rings. The third-order valence-electron chi connectivity index (χ3n) is 2.02. The standard InChI is InChI=1S/C10H9ClO2S/c1-13-10-7-3-2-6(11)4-8(7)14-9(10)5-12/h2-4,12H,5H2,1H3. The van der Waals surface area contributed by atoms with E-state index < -0.39 is 0 Å². The molecule has 2 nitrogen and oxygen atoms in total. The normalized spacial score (nSPS) is 10.8. The number of benzene rings is 1. The number of fused-ring (bicyclic) bond motifs is 1. The van der Waals surface area contributed by atoms with Crippen molar-refractivity contribution in [3.63, 3.8) is 0 Å². The van der Waals surface area contributed by atoms with E-state index in [0.717, 1.165) is 20.7 Å². The van der Waals surface area contributed by atoms with Gasteiger partial charge in [0, 0.05) is 15.1 Å². The van der Waals surface area contributed by atoms with Gasteiger partial charge in [0.25, 0.3) is 0 Å². The van der Waals surface area contributed by atoms with Crippen LogP contribution in [-0.2, 0) is 6.61 Å². The Morgan fingerprint density at radius 3 is 2.93 bits per heavy atom. The van der Waals surface area contributed by atoms with Gasteiger partial charge >= 0.3 is 0 Å². The summed E-state index contributed by atoms with van der Waals surface area (Å²) in [4.78, 5) is 0.838. The molecule has 0 saturated carbocycles. The molecular weight excluding hydrogens is 220 g/mol. The first-order valence-corrected chi connectivity index (χ1v) is 5.31. The third-order valence-corrected chi connectivity index (χ3v) is 3.38. The van der Waals surface area contributed by atoms with Crippen LogP contribution in [-0.4, -0.2) is 12.2 Å². The monoisotopic (exact) mass is 228 g/mol. The summed E-state index contributed by atoms with van der Waals surface area (Å²) in [7, 11) is 1.61. The maximum Gasteiger partial charge on any atom is 0.142 e. The summed E-state index contributed by atoms with van der Waals surface area (Å²) in [5.41, 5.74) is 0. The number of aliphatic hydroxyl groups excluding tert-OH is 1. The first-order chi connectivity index (χ1) is 6.76. The molecule has 1 heterocycles. The Balaban J connectivity index is 2.73. The number of methoxy groups -OCH3 is 1.